The van der Waals surface area contributed by atoms with E-state index in [9.17, 15) is 0 Å². The van der Waals surface area contributed by atoms with E-state index in [1.54, 1.807) is 0 Å². The van der Waals surface area contributed by atoms with E-state index in [1.165, 1.54) is 66.0 Å². The van der Waals surface area contributed by atoms with Gasteiger partial charge in [0.2, 0.25) is 0 Å². The lowest BCUT2D eigenvalue weighted by molar-refractivity contribution is 1.01. The Balaban J connectivity index is 1.17. The van der Waals surface area contributed by atoms with Gasteiger partial charge in [0, 0.05) is 58.9 Å². The first-order chi connectivity index (χ1) is 23.3. The Kier molecular flexibility index (Phi) is 6.50. The topological polar surface area (TPSA) is 42.7 Å². The summed E-state index contributed by atoms with van der Waals surface area (Å²) in [7, 11) is 0. The summed E-state index contributed by atoms with van der Waals surface area (Å²) in [5.74, 6) is 0. The average molecular weight is 603 g/mol. The van der Waals surface area contributed by atoms with Crippen LogP contribution in [0.4, 0.5) is 0 Å². The van der Waals surface area contributed by atoms with Gasteiger partial charge in [-0.3, -0.25) is 9.97 Å². The zero-order valence-electron chi connectivity index (χ0n) is 25.6. The number of benzene rings is 5. The highest BCUT2D eigenvalue weighted by Crippen LogP contribution is 2.39. The number of dihydropyridines is 1. The molecular formula is C43H30N4. The molecule has 222 valence electrons. The van der Waals surface area contributed by atoms with Gasteiger partial charge in [-0.2, -0.15) is 0 Å². The SMILES string of the molecule is C1=C(c2cccnc2)CNC(c2ccc3c(ccc4c5ccc(-c6ccc(-c7ccncc7)cc6)cc5n(-c5ccccc5)c34)c2)=C1. The maximum atomic E-state index is 4.28. The molecule has 0 amide bonds. The third-order valence-corrected chi connectivity index (χ3v) is 9.25. The molecule has 0 saturated heterocycles. The molecule has 5 aromatic carbocycles. The second kappa shape index (κ2) is 11.3. The first kappa shape index (κ1) is 27.1. The van der Waals surface area contributed by atoms with Crippen LogP contribution >= 0.6 is 0 Å². The van der Waals surface area contributed by atoms with E-state index in [0.29, 0.717) is 0 Å². The van der Waals surface area contributed by atoms with E-state index >= 15 is 0 Å². The molecule has 1 aliphatic heterocycles. The third kappa shape index (κ3) is 4.79. The van der Waals surface area contributed by atoms with Crippen molar-refractivity contribution >= 4 is 43.8 Å². The Bertz CT molecular complexity index is 2470. The highest BCUT2D eigenvalue weighted by atomic mass is 15.0. The minimum Gasteiger partial charge on any atom is -0.380 e. The monoisotopic (exact) mass is 602 g/mol. The highest BCUT2D eigenvalue weighted by Gasteiger charge is 2.17. The molecule has 0 fully saturated rings. The van der Waals surface area contributed by atoms with Gasteiger partial charge in [-0.25, -0.2) is 0 Å². The number of para-hydroxylation sites is 1. The van der Waals surface area contributed by atoms with Crippen LogP contribution < -0.4 is 5.32 Å². The second-order valence-corrected chi connectivity index (χ2v) is 12.0. The molecule has 0 unspecified atom stereocenters. The Labute approximate surface area is 273 Å². The zero-order chi connectivity index (χ0) is 31.2. The van der Waals surface area contributed by atoms with Gasteiger partial charge in [-0.15, -0.1) is 0 Å². The van der Waals surface area contributed by atoms with E-state index < -0.39 is 0 Å². The third-order valence-electron chi connectivity index (χ3n) is 9.25. The molecule has 0 bridgehead atoms. The Hall–Kier alpha value is -6.26. The van der Waals surface area contributed by atoms with Crippen molar-refractivity contribution < 1.29 is 0 Å². The van der Waals surface area contributed by atoms with E-state index in [0.717, 1.165) is 23.5 Å². The molecular weight excluding hydrogens is 573 g/mol. The number of pyridine rings is 2. The van der Waals surface area contributed by atoms with E-state index in [4.69, 9.17) is 0 Å². The van der Waals surface area contributed by atoms with Crippen LogP contribution in [0.15, 0.2) is 164 Å². The number of nitrogens with zero attached hydrogens (tertiary/aromatic N) is 3. The summed E-state index contributed by atoms with van der Waals surface area (Å²) < 4.78 is 2.43. The van der Waals surface area contributed by atoms with Crippen LogP contribution in [0.5, 0.6) is 0 Å². The number of aromatic nitrogens is 3. The van der Waals surface area contributed by atoms with E-state index in [1.807, 2.05) is 43.0 Å². The molecule has 1 N–H and O–H groups in total. The average Bonchev–Trinajstić information content (AvgIpc) is 3.50. The normalized spacial score (nSPS) is 13.0. The summed E-state index contributed by atoms with van der Waals surface area (Å²) in [6.07, 6.45) is 11.8. The predicted octanol–water partition coefficient (Wildman–Crippen LogP) is 10.1. The number of fused-ring (bicyclic) bond motifs is 5. The minimum absolute atomic E-state index is 0.769. The van der Waals surface area contributed by atoms with Crippen LogP contribution in [0.25, 0.3) is 71.8 Å². The number of allylic oxidation sites excluding steroid dienone is 2. The highest BCUT2D eigenvalue weighted by molar-refractivity contribution is 6.19. The maximum absolute atomic E-state index is 4.28. The van der Waals surface area contributed by atoms with Crippen LogP contribution in [-0.2, 0) is 0 Å². The number of nitrogens with one attached hydrogen (secondary N) is 1. The van der Waals surface area contributed by atoms with Crippen LogP contribution in [-0.4, -0.2) is 21.1 Å². The predicted molar refractivity (Wildman–Crippen MR) is 195 cm³/mol. The fraction of sp³-hybridized carbons (Fsp3) is 0.0233. The van der Waals surface area contributed by atoms with Gasteiger partial charge < -0.3 is 9.88 Å². The molecule has 0 saturated carbocycles. The zero-order valence-corrected chi connectivity index (χ0v) is 25.6. The van der Waals surface area contributed by atoms with Crippen molar-refractivity contribution in [2.75, 3.05) is 6.54 Å². The Morgan fingerprint density at radius 1 is 0.511 bits per heavy atom. The summed E-state index contributed by atoms with van der Waals surface area (Å²) in [6, 6.07) is 46.0. The Morgan fingerprint density at radius 3 is 2.00 bits per heavy atom. The van der Waals surface area contributed by atoms with Gasteiger partial charge in [0.05, 0.1) is 11.0 Å². The maximum Gasteiger partial charge on any atom is 0.0619 e. The quantitative estimate of drug-likeness (QED) is 0.213. The molecule has 0 atom stereocenters. The molecule has 9 rings (SSSR count). The standard InChI is InChI=1S/C43H30N4/c1-2-6-37(7-3-1)47-42-26-32(30-10-8-29(9-11-30)31-20-23-44-24-21-31)12-17-39(42)40-18-13-33-25-34(14-16-38(33)43(40)47)41-19-15-36(28-46-41)35-5-4-22-45-27-35/h1-27,46H,28H2. The van der Waals surface area contributed by atoms with Crippen molar-refractivity contribution in [2.45, 2.75) is 0 Å². The molecule has 8 aromatic rings. The smallest absolute Gasteiger partial charge is 0.0619 e. The van der Waals surface area contributed by atoms with Crippen molar-refractivity contribution in [3.63, 3.8) is 0 Å². The minimum atomic E-state index is 0.769. The lowest BCUT2D eigenvalue weighted by atomic mass is 9.98. The van der Waals surface area contributed by atoms with E-state index in [2.05, 4.69) is 141 Å². The second-order valence-electron chi connectivity index (χ2n) is 12.0. The summed E-state index contributed by atoms with van der Waals surface area (Å²) in [6.45, 7) is 0.769. The fourth-order valence-electron chi connectivity index (χ4n) is 6.87. The summed E-state index contributed by atoms with van der Waals surface area (Å²) >= 11 is 0. The van der Waals surface area contributed by atoms with Gasteiger partial charge >= 0.3 is 0 Å². The molecule has 1 aliphatic rings. The molecule has 4 nitrogen and oxygen atoms in total. The summed E-state index contributed by atoms with van der Waals surface area (Å²) in [4.78, 5) is 8.44. The lowest BCUT2D eigenvalue weighted by Crippen LogP contribution is -2.18. The molecule has 47 heavy (non-hydrogen) atoms. The van der Waals surface area contributed by atoms with E-state index in [-0.39, 0.29) is 0 Å². The van der Waals surface area contributed by atoms with Crippen LogP contribution in [0.1, 0.15) is 11.1 Å². The first-order valence-electron chi connectivity index (χ1n) is 15.9. The Morgan fingerprint density at radius 2 is 1.23 bits per heavy atom. The molecule has 0 aliphatic carbocycles. The van der Waals surface area contributed by atoms with Crippen molar-refractivity contribution in [2.24, 2.45) is 0 Å². The first-order valence-corrected chi connectivity index (χ1v) is 15.9. The largest absolute Gasteiger partial charge is 0.380 e. The van der Waals surface area contributed by atoms with Gasteiger partial charge in [0.15, 0.2) is 0 Å². The molecule has 4 heteroatoms. The van der Waals surface area contributed by atoms with Gasteiger partial charge in [0.1, 0.15) is 0 Å². The molecule has 3 aromatic heterocycles. The van der Waals surface area contributed by atoms with Crippen molar-refractivity contribution in [3.8, 4) is 27.9 Å². The van der Waals surface area contributed by atoms with Crippen molar-refractivity contribution in [1.29, 1.82) is 0 Å². The summed E-state index contributed by atoms with van der Waals surface area (Å²) in [5, 5.41) is 8.58. The fourth-order valence-corrected chi connectivity index (χ4v) is 6.87. The number of rotatable bonds is 5. The van der Waals surface area contributed by atoms with Crippen LogP contribution in [0, 0.1) is 0 Å². The number of hydrogen-bond donors (Lipinski definition) is 1. The van der Waals surface area contributed by atoms with Crippen molar-refractivity contribution in [1.82, 2.24) is 19.9 Å². The summed E-state index contributed by atoms with van der Waals surface area (Å²) in [5.41, 5.74) is 13.0. The number of hydrogen-bond acceptors (Lipinski definition) is 3. The lowest BCUT2D eigenvalue weighted by Gasteiger charge is -2.18. The van der Waals surface area contributed by atoms with Crippen LogP contribution in [0.2, 0.25) is 0 Å². The molecule has 0 spiro atoms. The molecule has 0 radical (unpaired) electrons. The van der Waals surface area contributed by atoms with Gasteiger partial charge in [-0.05, 0) is 92.9 Å². The van der Waals surface area contributed by atoms with Gasteiger partial charge in [-0.1, -0.05) is 91.0 Å². The van der Waals surface area contributed by atoms with Gasteiger partial charge in [0.25, 0.3) is 0 Å². The van der Waals surface area contributed by atoms with Crippen molar-refractivity contribution in [3.05, 3.63) is 175 Å². The van der Waals surface area contributed by atoms with Crippen LogP contribution in [0.3, 0.4) is 0 Å². The molecule has 4 heterocycles.